The second-order valence-electron chi connectivity index (χ2n) is 5.35. The molecule has 1 atom stereocenters. The Hall–Kier alpha value is -1.75. The Kier molecular flexibility index (Phi) is 5.39. The third-order valence-corrected chi connectivity index (χ3v) is 3.01. The van der Waals surface area contributed by atoms with E-state index in [-0.39, 0.29) is 5.91 Å². The van der Waals surface area contributed by atoms with Crippen molar-refractivity contribution >= 4 is 23.6 Å². The number of nitrogens with one attached hydrogen (secondary N) is 2. The van der Waals surface area contributed by atoms with Crippen LogP contribution in [0.1, 0.15) is 26.3 Å². The zero-order valence-corrected chi connectivity index (χ0v) is 12.5. The van der Waals surface area contributed by atoms with E-state index >= 15 is 0 Å². The minimum atomic E-state index is -1.22. The molecule has 0 radical (unpaired) electrons. The highest BCUT2D eigenvalue weighted by Crippen LogP contribution is 2.16. The molecule has 0 unspecified atom stereocenters. The Balaban J connectivity index is 2.62. The molecule has 0 aliphatic heterocycles. The maximum absolute atomic E-state index is 11.9. The van der Waals surface area contributed by atoms with Crippen molar-refractivity contribution < 1.29 is 14.7 Å². The standard InChI is InChI=1S/C14H19ClN2O3/c1-9(16-13(19)20)12(18)17-14(2,3)8-10-4-6-11(15)7-5-10/h4-7,9,16H,8H2,1-3H3,(H,17,18)(H,19,20)/t9-/m1/s1. The summed E-state index contributed by atoms with van der Waals surface area (Å²) in [5, 5.41) is 14.2. The van der Waals surface area contributed by atoms with Crippen LogP contribution >= 0.6 is 11.6 Å². The van der Waals surface area contributed by atoms with E-state index in [0.717, 1.165) is 5.56 Å². The number of carbonyl (C=O) groups excluding carboxylic acids is 1. The molecule has 0 fully saturated rings. The van der Waals surface area contributed by atoms with Crippen molar-refractivity contribution in [3.05, 3.63) is 34.9 Å². The quantitative estimate of drug-likeness (QED) is 0.781. The van der Waals surface area contributed by atoms with Gasteiger partial charge >= 0.3 is 6.09 Å². The summed E-state index contributed by atoms with van der Waals surface area (Å²) in [6, 6.07) is 6.59. The van der Waals surface area contributed by atoms with E-state index in [1.807, 2.05) is 26.0 Å². The van der Waals surface area contributed by atoms with E-state index in [2.05, 4.69) is 10.6 Å². The maximum atomic E-state index is 11.9. The van der Waals surface area contributed by atoms with Crippen molar-refractivity contribution in [2.24, 2.45) is 0 Å². The number of carboxylic acid groups (broad SMARTS) is 1. The number of carbonyl (C=O) groups is 2. The first kappa shape index (κ1) is 16.3. The predicted octanol–water partition coefficient (Wildman–Crippen LogP) is 2.43. The van der Waals surface area contributed by atoms with Crippen LogP contribution in [0.4, 0.5) is 4.79 Å². The topological polar surface area (TPSA) is 78.4 Å². The SMILES string of the molecule is C[C@@H](NC(=O)O)C(=O)NC(C)(C)Cc1ccc(Cl)cc1. The summed E-state index contributed by atoms with van der Waals surface area (Å²) in [7, 11) is 0. The molecule has 0 aliphatic carbocycles. The van der Waals surface area contributed by atoms with E-state index in [0.29, 0.717) is 11.4 Å². The smallest absolute Gasteiger partial charge is 0.405 e. The Labute approximate surface area is 123 Å². The van der Waals surface area contributed by atoms with Crippen molar-refractivity contribution in [3.8, 4) is 0 Å². The van der Waals surface area contributed by atoms with Gasteiger partial charge in [0.1, 0.15) is 6.04 Å². The monoisotopic (exact) mass is 298 g/mol. The van der Waals surface area contributed by atoms with Crippen LogP contribution in [0.5, 0.6) is 0 Å². The van der Waals surface area contributed by atoms with Crippen LogP contribution < -0.4 is 10.6 Å². The Morgan fingerprint density at radius 1 is 1.30 bits per heavy atom. The number of rotatable bonds is 5. The van der Waals surface area contributed by atoms with Gasteiger partial charge in [-0.05, 0) is 44.9 Å². The van der Waals surface area contributed by atoms with Gasteiger partial charge in [-0.25, -0.2) is 4.79 Å². The van der Waals surface area contributed by atoms with Crippen molar-refractivity contribution in [2.45, 2.75) is 38.8 Å². The van der Waals surface area contributed by atoms with Gasteiger partial charge in [0.05, 0.1) is 0 Å². The molecule has 0 heterocycles. The van der Waals surface area contributed by atoms with Crippen LogP contribution in [0.2, 0.25) is 5.02 Å². The van der Waals surface area contributed by atoms with Crippen molar-refractivity contribution in [1.82, 2.24) is 10.6 Å². The van der Waals surface area contributed by atoms with Crippen LogP contribution in [0.3, 0.4) is 0 Å². The Morgan fingerprint density at radius 3 is 2.35 bits per heavy atom. The van der Waals surface area contributed by atoms with E-state index in [4.69, 9.17) is 16.7 Å². The lowest BCUT2D eigenvalue weighted by Gasteiger charge is -2.28. The molecule has 110 valence electrons. The van der Waals surface area contributed by atoms with Gasteiger partial charge in [-0.2, -0.15) is 0 Å². The summed E-state index contributed by atoms with van der Waals surface area (Å²) in [5.74, 6) is -0.355. The highest BCUT2D eigenvalue weighted by molar-refractivity contribution is 6.30. The van der Waals surface area contributed by atoms with Gasteiger partial charge in [0.2, 0.25) is 5.91 Å². The second kappa shape index (κ2) is 6.61. The molecule has 1 aromatic rings. The van der Waals surface area contributed by atoms with Crippen LogP contribution in [0, 0.1) is 0 Å². The molecule has 0 aromatic heterocycles. The minimum absolute atomic E-state index is 0.355. The summed E-state index contributed by atoms with van der Waals surface area (Å²) in [6.07, 6.45) is -0.599. The first-order valence-electron chi connectivity index (χ1n) is 6.25. The molecule has 0 saturated heterocycles. The van der Waals surface area contributed by atoms with Crippen LogP contribution in [-0.4, -0.2) is 28.7 Å². The van der Waals surface area contributed by atoms with Gasteiger partial charge in [-0.3, -0.25) is 4.79 Å². The van der Waals surface area contributed by atoms with E-state index in [9.17, 15) is 9.59 Å². The molecular weight excluding hydrogens is 280 g/mol. The molecule has 0 saturated carbocycles. The van der Waals surface area contributed by atoms with Crippen molar-refractivity contribution in [3.63, 3.8) is 0 Å². The molecule has 0 bridgehead atoms. The summed E-state index contributed by atoms with van der Waals surface area (Å²) in [4.78, 5) is 22.4. The first-order chi connectivity index (χ1) is 9.19. The summed E-state index contributed by atoms with van der Waals surface area (Å²) >= 11 is 5.82. The van der Waals surface area contributed by atoms with Crippen molar-refractivity contribution in [2.75, 3.05) is 0 Å². The third-order valence-electron chi connectivity index (χ3n) is 2.75. The summed E-state index contributed by atoms with van der Waals surface area (Å²) < 4.78 is 0. The normalized spacial score (nSPS) is 12.6. The Morgan fingerprint density at radius 2 is 1.85 bits per heavy atom. The number of halogens is 1. The lowest BCUT2D eigenvalue weighted by Crippen LogP contribution is -2.52. The Bertz CT molecular complexity index is 486. The fourth-order valence-corrected chi connectivity index (χ4v) is 1.98. The maximum Gasteiger partial charge on any atom is 0.405 e. The van der Waals surface area contributed by atoms with E-state index in [1.54, 1.807) is 12.1 Å². The molecule has 0 spiro atoms. The molecule has 0 aliphatic rings. The molecule has 2 amide bonds. The predicted molar refractivity (Wildman–Crippen MR) is 78.0 cm³/mol. The molecule has 1 rings (SSSR count). The highest BCUT2D eigenvalue weighted by atomic mass is 35.5. The average Bonchev–Trinajstić information content (AvgIpc) is 2.30. The average molecular weight is 299 g/mol. The fraction of sp³-hybridized carbons (Fsp3) is 0.429. The van der Waals surface area contributed by atoms with Crippen LogP contribution in [0.25, 0.3) is 0 Å². The molecule has 20 heavy (non-hydrogen) atoms. The van der Waals surface area contributed by atoms with Gasteiger partial charge in [-0.15, -0.1) is 0 Å². The molecule has 3 N–H and O–H groups in total. The molecule has 1 aromatic carbocycles. The van der Waals surface area contributed by atoms with Gasteiger partial charge in [-0.1, -0.05) is 23.7 Å². The van der Waals surface area contributed by atoms with Crippen LogP contribution in [-0.2, 0) is 11.2 Å². The zero-order valence-electron chi connectivity index (χ0n) is 11.7. The van der Waals surface area contributed by atoms with Gasteiger partial charge in [0, 0.05) is 10.6 Å². The minimum Gasteiger partial charge on any atom is -0.465 e. The third kappa shape index (κ3) is 5.48. The van der Waals surface area contributed by atoms with Crippen molar-refractivity contribution in [1.29, 1.82) is 0 Å². The van der Waals surface area contributed by atoms with E-state index in [1.165, 1.54) is 6.92 Å². The molecular formula is C14H19ClN2O3. The summed E-state index contributed by atoms with van der Waals surface area (Å²) in [6.45, 7) is 5.27. The lowest BCUT2D eigenvalue weighted by atomic mass is 9.94. The first-order valence-corrected chi connectivity index (χ1v) is 6.63. The molecule has 5 nitrogen and oxygen atoms in total. The van der Waals surface area contributed by atoms with E-state index < -0.39 is 17.7 Å². The van der Waals surface area contributed by atoms with Gasteiger partial charge in [0.25, 0.3) is 0 Å². The number of benzene rings is 1. The number of hydrogen-bond donors (Lipinski definition) is 3. The molecule has 6 heteroatoms. The summed E-state index contributed by atoms with van der Waals surface area (Å²) in [5.41, 5.74) is 0.554. The number of amides is 2. The highest BCUT2D eigenvalue weighted by Gasteiger charge is 2.24. The zero-order chi connectivity index (χ0) is 15.3. The van der Waals surface area contributed by atoms with Gasteiger partial charge < -0.3 is 15.7 Å². The van der Waals surface area contributed by atoms with Gasteiger partial charge in [0.15, 0.2) is 0 Å². The van der Waals surface area contributed by atoms with Crippen LogP contribution in [0.15, 0.2) is 24.3 Å². The lowest BCUT2D eigenvalue weighted by molar-refractivity contribution is -0.124. The largest absolute Gasteiger partial charge is 0.465 e. The second-order valence-corrected chi connectivity index (χ2v) is 5.78. The number of hydrogen-bond acceptors (Lipinski definition) is 2. The fourth-order valence-electron chi connectivity index (χ4n) is 1.85.